The Morgan fingerprint density at radius 2 is 1.93 bits per heavy atom. The van der Waals surface area contributed by atoms with E-state index in [1.54, 1.807) is 13.2 Å². The second-order valence-corrected chi connectivity index (χ2v) is 6.02. The van der Waals surface area contributed by atoms with Crippen LogP contribution < -0.4 is 30.6 Å². The van der Waals surface area contributed by atoms with Crippen LogP contribution in [0, 0.1) is 0 Å². The number of aliphatic imine (C=N–C) groups is 1. The normalized spacial score (nSPS) is 10.9. The van der Waals surface area contributed by atoms with Crippen molar-refractivity contribution >= 4 is 17.6 Å². The van der Waals surface area contributed by atoms with E-state index in [0.29, 0.717) is 42.9 Å². The molecule has 0 aromatic heterocycles. The first-order valence-corrected chi connectivity index (χ1v) is 9.41. The predicted molar refractivity (Wildman–Crippen MR) is 114 cm³/mol. The second kappa shape index (κ2) is 11.4. The lowest BCUT2D eigenvalue weighted by molar-refractivity contribution is -0.119. The highest BCUT2D eigenvalue weighted by molar-refractivity contribution is 5.93. The Hall–Kier alpha value is -3.42. The zero-order chi connectivity index (χ0) is 21.1. The van der Waals surface area contributed by atoms with Gasteiger partial charge in [-0.05, 0) is 43.7 Å². The average Bonchev–Trinajstić information content (AvgIpc) is 2.72. The predicted octanol–water partition coefficient (Wildman–Crippen LogP) is 2.54. The third kappa shape index (κ3) is 7.25. The van der Waals surface area contributed by atoms with E-state index >= 15 is 0 Å². The van der Waals surface area contributed by atoms with Crippen LogP contribution in [0.5, 0.6) is 17.2 Å². The number of rotatable bonds is 10. The van der Waals surface area contributed by atoms with Gasteiger partial charge in [-0.25, -0.2) is 4.99 Å². The number of nitrogens with one attached hydrogen (secondary N) is 2. The number of nitrogens with zero attached hydrogens (tertiary/aromatic N) is 1. The van der Waals surface area contributed by atoms with Gasteiger partial charge in [0.15, 0.2) is 24.1 Å². The lowest BCUT2D eigenvalue weighted by atomic mass is 10.2. The number of nitrogens with two attached hydrogens (primary N) is 1. The standard InChI is InChI=1S/C21H28N4O4/c1-4-23-21(25-16-9-10-18(28-5-2)19(12-16)27-3)24-13-15-7-6-8-17(11-15)29-14-20(22)26/h6-12H,4-5,13-14H2,1-3H3,(H2,22,26)(H2,23,24,25). The maximum absolute atomic E-state index is 10.9. The van der Waals surface area contributed by atoms with Gasteiger partial charge in [0.1, 0.15) is 5.75 Å². The van der Waals surface area contributed by atoms with Crippen molar-refractivity contribution in [1.29, 1.82) is 0 Å². The van der Waals surface area contributed by atoms with Gasteiger partial charge in [0, 0.05) is 18.3 Å². The number of guanidine groups is 1. The maximum Gasteiger partial charge on any atom is 0.255 e. The van der Waals surface area contributed by atoms with Crippen LogP contribution in [-0.4, -0.2) is 38.7 Å². The Morgan fingerprint density at radius 1 is 1.10 bits per heavy atom. The van der Waals surface area contributed by atoms with Gasteiger partial charge in [-0.2, -0.15) is 0 Å². The fraction of sp³-hybridized carbons (Fsp3) is 0.333. The summed E-state index contributed by atoms with van der Waals surface area (Å²) in [7, 11) is 1.61. The van der Waals surface area contributed by atoms with Crippen LogP contribution in [0.1, 0.15) is 19.4 Å². The summed E-state index contributed by atoms with van der Waals surface area (Å²) >= 11 is 0. The van der Waals surface area contributed by atoms with Crippen molar-refractivity contribution in [2.45, 2.75) is 20.4 Å². The first-order chi connectivity index (χ1) is 14.0. The van der Waals surface area contributed by atoms with E-state index in [1.807, 2.05) is 50.2 Å². The molecule has 4 N–H and O–H groups in total. The Labute approximate surface area is 171 Å². The molecule has 8 nitrogen and oxygen atoms in total. The van der Waals surface area contributed by atoms with Crippen molar-refractivity contribution in [1.82, 2.24) is 5.32 Å². The number of hydrogen-bond donors (Lipinski definition) is 3. The van der Waals surface area contributed by atoms with Crippen molar-refractivity contribution < 1.29 is 19.0 Å². The molecule has 0 saturated heterocycles. The van der Waals surface area contributed by atoms with Gasteiger partial charge in [-0.1, -0.05) is 12.1 Å². The number of carbonyl (C=O) groups is 1. The molecular formula is C21H28N4O4. The molecule has 0 aliphatic heterocycles. The molecule has 0 spiro atoms. The van der Waals surface area contributed by atoms with Crippen molar-refractivity contribution in [2.75, 3.05) is 32.2 Å². The van der Waals surface area contributed by atoms with Gasteiger partial charge < -0.3 is 30.6 Å². The molecule has 2 aromatic rings. The topological polar surface area (TPSA) is 107 Å². The van der Waals surface area contributed by atoms with Gasteiger partial charge in [0.25, 0.3) is 5.91 Å². The monoisotopic (exact) mass is 400 g/mol. The first kappa shape index (κ1) is 21.9. The van der Waals surface area contributed by atoms with Crippen LogP contribution >= 0.6 is 0 Å². The third-order valence-corrected chi connectivity index (χ3v) is 3.77. The summed E-state index contributed by atoms with van der Waals surface area (Å²) in [6, 6.07) is 13.0. The number of carbonyl (C=O) groups excluding carboxylic acids is 1. The molecule has 8 heteroatoms. The molecule has 0 radical (unpaired) electrons. The minimum absolute atomic E-state index is 0.156. The number of primary amides is 1. The summed E-state index contributed by atoms with van der Waals surface area (Å²) in [6.07, 6.45) is 0. The SMILES string of the molecule is CCNC(=NCc1cccc(OCC(N)=O)c1)Nc1ccc(OCC)c(OC)c1. The molecule has 0 unspecified atom stereocenters. The van der Waals surface area contributed by atoms with Crippen molar-refractivity contribution in [3.63, 3.8) is 0 Å². The Morgan fingerprint density at radius 3 is 2.62 bits per heavy atom. The minimum atomic E-state index is -0.516. The molecule has 2 aromatic carbocycles. The second-order valence-electron chi connectivity index (χ2n) is 6.02. The van der Waals surface area contributed by atoms with Crippen LogP contribution in [-0.2, 0) is 11.3 Å². The van der Waals surface area contributed by atoms with E-state index in [9.17, 15) is 4.79 Å². The molecule has 0 saturated carbocycles. The Balaban J connectivity index is 2.10. The molecule has 0 heterocycles. The van der Waals surface area contributed by atoms with Gasteiger partial charge in [-0.3, -0.25) is 4.79 Å². The molecule has 156 valence electrons. The number of anilines is 1. The summed E-state index contributed by atoms with van der Waals surface area (Å²) in [5.74, 6) is 2.02. The van der Waals surface area contributed by atoms with Crippen molar-refractivity contribution in [3.05, 3.63) is 48.0 Å². The van der Waals surface area contributed by atoms with Crippen molar-refractivity contribution in [3.8, 4) is 17.2 Å². The highest BCUT2D eigenvalue weighted by Gasteiger charge is 2.07. The van der Waals surface area contributed by atoms with Crippen LogP contribution in [0.25, 0.3) is 0 Å². The summed E-state index contributed by atoms with van der Waals surface area (Å²) in [4.78, 5) is 15.5. The highest BCUT2D eigenvalue weighted by Crippen LogP contribution is 2.30. The number of hydrogen-bond acceptors (Lipinski definition) is 5. The number of amides is 1. The fourth-order valence-electron chi connectivity index (χ4n) is 2.52. The molecule has 0 fully saturated rings. The van der Waals surface area contributed by atoms with Gasteiger partial charge in [0.05, 0.1) is 20.3 Å². The van der Waals surface area contributed by atoms with Crippen LogP contribution in [0.4, 0.5) is 5.69 Å². The van der Waals surface area contributed by atoms with Crippen molar-refractivity contribution in [2.24, 2.45) is 10.7 Å². The molecule has 2 rings (SSSR count). The van der Waals surface area contributed by atoms with Gasteiger partial charge in [0.2, 0.25) is 0 Å². The number of benzene rings is 2. The van der Waals surface area contributed by atoms with E-state index in [0.717, 1.165) is 11.3 Å². The fourth-order valence-corrected chi connectivity index (χ4v) is 2.52. The summed E-state index contributed by atoms with van der Waals surface area (Å²) < 4.78 is 16.3. The van der Waals surface area contributed by atoms with E-state index < -0.39 is 5.91 Å². The number of methoxy groups -OCH3 is 1. The largest absolute Gasteiger partial charge is 0.493 e. The lowest BCUT2D eigenvalue weighted by Gasteiger charge is -2.14. The van der Waals surface area contributed by atoms with Crippen LogP contribution in [0.2, 0.25) is 0 Å². The van der Waals surface area contributed by atoms with E-state index in [1.165, 1.54) is 0 Å². The van der Waals surface area contributed by atoms with E-state index in [2.05, 4.69) is 15.6 Å². The quantitative estimate of drug-likeness (QED) is 0.418. The first-order valence-electron chi connectivity index (χ1n) is 9.41. The molecule has 0 atom stereocenters. The Kier molecular flexibility index (Phi) is 8.62. The maximum atomic E-state index is 10.9. The smallest absolute Gasteiger partial charge is 0.255 e. The Bertz CT molecular complexity index is 839. The molecule has 0 aliphatic carbocycles. The molecule has 1 amide bonds. The van der Waals surface area contributed by atoms with Crippen LogP contribution in [0.15, 0.2) is 47.5 Å². The van der Waals surface area contributed by atoms with Gasteiger partial charge in [-0.15, -0.1) is 0 Å². The average molecular weight is 400 g/mol. The molecular weight excluding hydrogens is 372 g/mol. The summed E-state index contributed by atoms with van der Waals surface area (Å²) in [6.45, 7) is 5.47. The summed E-state index contributed by atoms with van der Waals surface area (Å²) in [5, 5.41) is 6.47. The van der Waals surface area contributed by atoms with E-state index in [-0.39, 0.29) is 6.61 Å². The number of ether oxygens (including phenoxy) is 3. The van der Waals surface area contributed by atoms with Gasteiger partial charge >= 0.3 is 0 Å². The van der Waals surface area contributed by atoms with Crippen LogP contribution in [0.3, 0.4) is 0 Å². The minimum Gasteiger partial charge on any atom is -0.493 e. The molecule has 0 aliphatic rings. The third-order valence-electron chi connectivity index (χ3n) is 3.77. The summed E-state index contributed by atoms with van der Waals surface area (Å²) in [5.41, 5.74) is 6.87. The van der Waals surface area contributed by atoms with E-state index in [4.69, 9.17) is 19.9 Å². The molecule has 0 bridgehead atoms. The zero-order valence-electron chi connectivity index (χ0n) is 17.0. The highest BCUT2D eigenvalue weighted by atomic mass is 16.5. The zero-order valence-corrected chi connectivity index (χ0v) is 17.0. The molecule has 29 heavy (non-hydrogen) atoms. The lowest BCUT2D eigenvalue weighted by Crippen LogP contribution is -2.30.